The third-order valence-corrected chi connectivity index (χ3v) is 1.44. The molecule has 0 aromatic rings. The van der Waals surface area contributed by atoms with Crippen LogP contribution in [0.2, 0.25) is 0 Å². The van der Waals surface area contributed by atoms with Gasteiger partial charge in [-0.1, -0.05) is 0 Å². The Balaban J connectivity index is 2.32. The normalized spacial score (nSPS) is 21.6. The monoisotopic (exact) mass is 173 g/mol. The molecule has 1 aliphatic heterocycles. The summed E-state index contributed by atoms with van der Waals surface area (Å²) in [5, 5.41) is 4.16. The van der Waals surface area contributed by atoms with E-state index in [1.807, 2.05) is 0 Å². The second-order valence-corrected chi connectivity index (χ2v) is 2.75. The van der Waals surface area contributed by atoms with Crippen LogP contribution in [0.5, 0.6) is 0 Å². The molecular weight excluding hydrogens is 162 g/mol. The van der Waals surface area contributed by atoms with Crippen molar-refractivity contribution >= 4 is 23.0 Å². The molecule has 0 aliphatic carbocycles. The lowest BCUT2D eigenvalue weighted by molar-refractivity contribution is 0.154. The number of hydrazone groups is 1. The zero-order valence-corrected chi connectivity index (χ0v) is 6.99. The molecule has 0 atom stereocenters. The van der Waals surface area contributed by atoms with Crippen LogP contribution in [0, 0.1) is 0 Å². The number of nitrogens with two attached hydrogens (primary N) is 1. The Hall–Kier alpha value is -0.680. The van der Waals surface area contributed by atoms with Gasteiger partial charge in [-0.25, -0.2) is 0 Å². The van der Waals surface area contributed by atoms with Crippen LogP contribution in [0.3, 0.4) is 0 Å². The second kappa shape index (κ2) is 4.25. The Bertz CT molecular complexity index is 173. The van der Waals surface area contributed by atoms with Crippen LogP contribution in [0.1, 0.15) is 12.8 Å². The SMILES string of the molecule is NC(=S)NN=C1CCCOC1. The van der Waals surface area contributed by atoms with Crippen molar-refractivity contribution in [3.05, 3.63) is 0 Å². The molecule has 5 heteroatoms. The van der Waals surface area contributed by atoms with E-state index in [4.69, 9.17) is 10.5 Å². The van der Waals surface area contributed by atoms with Gasteiger partial charge in [0.1, 0.15) is 0 Å². The first kappa shape index (κ1) is 8.42. The largest absolute Gasteiger partial charge is 0.375 e. The van der Waals surface area contributed by atoms with Crippen LogP contribution in [0.4, 0.5) is 0 Å². The van der Waals surface area contributed by atoms with Crippen LogP contribution >= 0.6 is 12.2 Å². The van der Waals surface area contributed by atoms with Crippen molar-refractivity contribution in [3.8, 4) is 0 Å². The van der Waals surface area contributed by atoms with Crippen molar-refractivity contribution in [1.29, 1.82) is 0 Å². The van der Waals surface area contributed by atoms with E-state index in [9.17, 15) is 0 Å². The molecule has 0 amide bonds. The number of hydrogen-bond donors (Lipinski definition) is 2. The molecule has 0 radical (unpaired) electrons. The Kier molecular flexibility index (Phi) is 3.25. The van der Waals surface area contributed by atoms with Crippen molar-refractivity contribution in [2.24, 2.45) is 10.8 Å². The highest BCUT2D eigenvalue weighted by Crippen LogP contribution is 2.01. The highest BCUT2D eigenvalue weighted by Gasteiger charge is 2.06. The molecule has 1 heterocycles. The summed E-state index contributed by atoms with van der Waals surface area (Å²) in [6.07, 6.45) is 1.99. The first-order valence-corrected chi connectivity index (χ1v) is 3.88. The number of thiocarbonyl (C=S) groups is 1. The predicted octanol–water partition coefficient (Wildman–Crippen LogP) is -0.0140. The highest BCUT2D eigenvalue weighted by molar-refractivity contribution is 7.80. The molecule has 0 aromatic carbocycles. The molecule has 0 unspecified atom stereocenters. The number of rotatable bonds is 1. The van der Waals surface area contributed by atoms with Crippen LogP contribution < -0.4 is 11.2 Å². The molecule has 1 saturated heterocycles. The maximum atomic E-state index is 5.18. The molecule has 0 spiro atoms. The second-order valence-electron chi connectivity index (χ2n) is 2.31. The molecule has 4 nitrogen and oxygen atoms in total. The van der Waals surface area contributed by atoms with Gasteiger partial charge in [0.15, 0.2) is 5.11 Å². The van der Waals surface area contributed by atoms with Crippen molar-refractivity contribution in [2.45, 2.75) is 12.8 Å². The topological polar surface area (TPSA) is 59.6 Å². The summed E-state index contributed by atoms with van der Waals surface area (Å²) >= 11 is 4.58. The van der Waals surface area contributed by atoms with E-state index < -0.39 is 0 Å². The van der Waals surface area contributed by atoms with E-state index in [0.717, 1.165) is 25.2 Å². The van der Waals surface area contributed by atoms with E-state index in [1.165, 1.54) is 0 Å². The van der Waals surface area contributed by atoms with E-state index >= 15 is 0 Å². The van der Waals surface area contributed by atoms with Gasteiger partial charge >= 0.3 is 0 Å². The summed E-state index contributed by atoms with van der Waals surface area (Å²) in [5.41, 5.74) is 8.69. The van der Waals surface area contributed by atoms with Gasteiger partial charge in [-0.3, -0.25) is 5.43 Å². The van der Waals surface area contributed by atoms with Gasteiger partial charge in [0.25, 0.3) is 0 Å². The summed E-state index contributed by atoms with van der Waals surface area (Å²) < 4.78 is 5.16. The minimum Gasteiger partial charge on any atom is -0.375 e. The summed E-state index contributed by atoms with van der Waals surface area (Å²) in [6.45, 7) is 1.42. The molecule has 62 valence electrons. The fourth-order valence-electron chi connectivity index (χ4n) is 0.863. The molecule has 0 saturated carbocycles. The van der Waals surface area contributed by atoms with Crippen LogP contribution in [-0.4, -0.2) is 24.0 Å². The van der Waals surface area contributed by atoms with Gasteiger partial charge in [-0.15, -0.1) is 0 Å². The lowest BCUT2D eigenvalue weighted by Gasteiger charge is -2.12. The zero-order chi connectivity index (χ0) is 8.10. The fraction of sp³-hybridized carbons (Fsp3) is 0.667. The summed E-state index contributed by atoms with van der Waals surface area (Å²) in [7, 11) is 0. The lowest BCUT2D eigenvalue weighted by Crippen LogP contribution is -2.27. The summed E-state index contributed by atoms with van der Waals surface area (Å²) in [6, 6.07) is 0. The van der Waals surface area contributed by atoms with Gasteiger partial charge in [-0.05, 0) is 25.1 Å². The summed E-state index contributed by atoms with van der Waals surface area (Å²) in [5.74, 6) is 0. The third-order valence-electron chi connectivity index (χ3n) is 1.35. The molecule has 3 N–H and O–H groups in total. The van der Waals surface area contributed by atoms with Gasteiger partial charge in [0.05, 0.1) is 12.3 Å². The van der Waals surface area contributed by atoms with Gasteiger partial charge in [0.2, 0.25) is 0 Å². The van der Waals surface area contributed by atoms with E-state index in [1.54, 1.807) is 0 Å². The molecule has 11 heavy (non-hydrogen) atoms. The fourth-order valence-corrected chi connectivity index (χ4v) is 0.908. The van der Waals surface area contributed by atoms with E-state index in [0.29, 0.717) is 6.61 Å². The van der Waals surface area contributed by atoms with Gasteiger partial charge in [0, 0.05) is 6.61 Å². The van der Waals surface area contributed by atoms with Crippen LogP contribution in [0.25, 0.3) is 0 Å². The average molecular weight is 173 g/mol. The maximum absolute atomic E-state index is 5.18. The summed E-state index contributed by atoms with van der Waals surface area (Å²) in [4.78, 5) is 0. The Morgan fingerprint density at radius 2 is 2.55 bits per heavy atom. The minimum atomic E-state index is 0.197. The van der Waals surface area contributed by atoms with Crippen molar-refractivity contribution in [2.75, 3.05) is 13.2 Å². The van der Waals surface area contributed by atoms with Crippen molar-refractivity contribution in [1.82, 2.24) is 5.43 Å². The van der Waals surface area contributed by atoms with E-state index in [2.05, 4.69) is 22.7 Å². The smallest absolute Gasteiger partial charge is 0.184 e. The standard InChI is InChI=1S/C6H11N3OS/c7-6(11)9-8-5-2-1-3-10-4-5/h1-4H2,(H3,7,9,11). The average Bonchev–Trinajstić information content (AvgIpc) is 2.03. The maximum Gasteiger partial charge on any atom is 0.184 e. The Morgan fingerprint density at radius 3 is 3.09 bits per heavy atom. The van der Waals surface area contributed by atoms with Crippen molar-refractivity contribution < 1.29 is 4.74 Å². The number of nitrogens with one attached hydrogen (secondary N) is 1. The van der Waals surface area contributed by atoms with Crippen LogP contribution in [-0.2, 0) is 4.74 Å². The quantitative estimate of drug-likeness (QED) is 0.432. The Morgan fingerprint density at radius 1 is 1.73 bits per heavy atom. The first-order valence-electron chi connectivity index (χ1n) is 3.47. The van der Waals surface area contributed by atoms with E-state index in [-0.39, 0.29) is 5.11 Å². The van der Waals surface area contributed by atoms with Crippen molar-refractivity contribution in [3.63, 3.8) is 0 Å². The zero-order valence-electron chi connectivity index (χ0n) is 6.17. The molecule has 1 aliphatic rings. The minimum absolute atomic E-state index is 0.197. The Labute approximate surface area is 70.8 Å². The molecule has 1 rings (SSSR count). The highest BCUT2D eigenvalue weighted by atomic mass is 32.1. The predicted molar refractivity (Wildman–Crippen MR) is 47.4 cm³/mol. The van der Waals surface area contributed by atoms with Gasteiger partial charge in [-0.2, -0.15) is 5.10 Å². The molecule has 1 fully saturated rings. The van der Waals surface area contributed by atoms with Crippen LogP contribution in [0.15, 0.2) is 5.10 Å². The molecule has 0 bridgehead atoms. The number of nitrogens with zero attached hydrogens (tertiary/aromatic N) is 1. The van der Waals surface area contributed by atoms with Gasteiger partial charge < -0.3 is 10.5 Å². The first-order chi connectivity index (χ1) is 5.29. The number of ether oxygens (including phenoxy) is 1. The molecular formula is C6H11N3OS. The lowest BCUT2D eigenvalue weighted by atomic mass is 10.2. The number of hydrogen-bond acceptors (Lipinski definition) is 3. The third kappa shape index (κ3) is 3.29. The molecule has 0 aromatic heterocycles.